The average molecular weight is 304 g/mol. The first kappa shape index (κ1) is 15.4. The van der Waals surface area contributed by atoms with Crippen LogP contribution in [-0.2, 0) is 6.42 Å². The SMILES string of the molecule is CCC(Cc1ccccc1)Nc1ccc(Cl)c(C(=O)O)c1. The molecule has 1 atom stereocenters. The molecule has 0 aliphatic rings. The number of benzene rings is 2. The summed E-state index contributed by atoms with van der Waals surface area (Å²) in [6.07, 6.45) is 1.84. The van der Waals surface area contributed by atoms with Crippen molar-refractivity contribution in [2.24, 2.45) is 0 Å². The summed E-state index contributed by atoms with van der Waals surface area (Å²) in [5.74, 6) is -1.01. The lowest BCUT2D eigenvalue weighted by atomic mass is 10.0. The van der Waals surface area contributed by atoms with E-state index in [1.165, 1.54) is 5.56 Å². The van der Waals surface area contributed by atoms with Crippen molar-refractivity contribution in [2.75, 3.05) is 5.32 Å². The van der Waals surface area contributed by atoms with Gasteiger partial charge in [-0.1, -0.05) is 48.9 Å². The van der Waals surface area contributed by atoms with Crippen LogP contribution in [0.3, 0.4) is 0 Å². The van der Waals surface area contributed by atoms with Crippen LogP contribution in [0.1, 0.15) is 29.3 Å². The maximum Gasteiger partial charge on any atom is 0.337 e. The van der Waals surface area contributed by atoms with Crippen molar-refractivity contribution in [3.63, 3.8) is 0 Å². The van der Waals surface area contributed by atoms with Crippen LogP contribution in [0.2, 0.25) is 5.02 Å². The third kappa shape index (κ3) is 4.23. The highest BCUT2D eigenvalue weighted by atomic mass is 35.5. The summed E-state index contributed by atoms with van der Waals surface area (Å²) in [5.41, 5.74) is 2.15. The molecule has 0 aliphatic heterocycles. The van der Waals surface area contributed by atoms with Gasteiger partial charge in [0.05, 0.1) is 10.6 Å². The van der Waals surface area contributed by atoms with E-state index in [0.717, 1.165) is 18.5 Å². The molecule has 0 saturated carbocycles. The fraction of sp³-hybridized carbons (Fsp3) is 0.235. The number of halogens is 1. The van der Waals surface area contributed by atoms with E-state index in [9.17, 15) is 4.79 Å². The number of hydrogen-bond acceptors (Lipinski definition) is 2. The van der Waals surface area contributed by atoms with E-state index in [0.29, 0.717) is 0 Å². The van der Waals surface area contributed by atoms with Crippen molar-refractivity contribution >= 4 is 23.3 Å². The van der Waals surface area contributed by atoms with Crippen molar-refractivity contribution in [1.82, 2.24) is 0 Å². The van der Waals surface area contributed by atoms with E-state index in [-0.39, 0.29) is 16.6 Å². The zero-order valence-corrected chi connectivity index (χ0v) is 12.6. The third-order valence-corrected chi connectivity index (χ3v) is 3.71. The molecule has 0 amide bonds. The van der Waals surface area contributed by atoms with E-state index in [2.05, 4.69) is 24.4 Å². The van der Waals surface area contributed by atoms with Gasteiger partial charge >= 0.3 is 5.97 Å². The molecule has 21 heavy (non-hydrogen) atoms. The second-order valence-corrected chi connectivity index (χ2v) is 5.35. The molecule has 3 nitrogen and oxygen atoms in total. The monoisotopic (exact) mass is 303 g/mol. The first-order chi connectivity index (χ1) is 10.1. The minimum atomic E-state index is -1.01. The molecule has 0 radical (unpaired) electrons. The normalized spacial score (nSPS) is 11.9. The fourth-order valence-corrected chi connectivity index (χ4v) is 2.41. The minimum Gasteiger partial charge on any atom is -0.478 e. The number of anilines is 1. The molecule has 0 heterocycles. The molecule has 0 aromatic heterocycles. The summed E-state index contributed by atoms with van der Waals surface area (Å²) in [4.78, 5) is 11.1. The molecule has 2 aromatic carbocycles. The molecule has 1 unspecified atom stereocenters. The van der Waals surface area contributed by atoms with Gasteiger partial charge in [0.2, 0.25) is 0 Å². The van der Waals surface area contributed by atoms with Crippen molar-refractivity contribution in [1.29, 1.82) is 0 Å². The number of carbonyl (C=O) groups is 1. The van der Waals surface area contributed by atoms with Gasteiger partial charge in [-0.25, -0.2) is 4.79 Å². The quantitative estimate of drug-likeness (QED) is 0.827. The van der Waals surface area contributed by atoms with Crippen LogP contribution in [-0.4, -0.2) is 17.1 Å². The van der Waals surface area contributed by atoms with Gasteiger partial charge in [-0.2, -0.15) is 0 Å². The molecule has 2 rings (SSSR count). The second-order valence-electron chi connectivity index (χ2n) is 4.94. The van der Waals surface area contributed by atoms with Gasteiger partial charge < -0.3 is 10.4 Å². The van der Waals surface area contributed by atoms with Crippen molar-refractivity contribution in [3.05, 3.63) is 64.7 Å². The molecule has 2 N–H and O–H groups in total. The fourth-order valence-electron chi connectivity index (χ4n) is 2.21. The zero-order valence-electron chi connectivity index (χ0n) is 11.8. The molecule has 0 aliphatic carbocycles. The van der Waals surface area contributed by atoms with Gasteiger partial charge in [0.25, 0.3) is 0 Å². The van der Waals surface area contributed by atoms with Crippen LogP contribution in [0.15, 0.2) is 48.5 Å². The maximum absolute atomic E-state index is 11.1. The third-order valence-electron chi connectivity index (χ3n) is 3.39. The molecule has 4 heteroatoms. The van der Waals surface area contributed by atoms with Gasteiger partial charge in [-0.3, -0.25) is 0 Å². The molecular formula is C17H18ClNO2. The van der Waals surface area contributed by atoms with Crippen LogP contribution in [0.5, 0.6) is 0 Å². The van der Waals surface area contributed by atoms with Gasteiger partial charge in [-0.15, -0.1) is 0 Å². The first-order valence-corrected chi connectivity index (χ1v) is 7.31. The Kier molecular flexibility index (Phi) is 5.23. The lowest BCUT2D eigenvalue weighted by molar-refractivity contribution is 0.0697. The summed E-state index contributed by atoms with van der Waals surface area (Å²) in [5, 5.41) is 12.7. The topological polar surface area (TPSA) is 49.3 Å². The Morgan fingerprint density at radius 1 is 1.24 bits per heavy atom. The van der Waals surface area contributed by atoms with Gasteiger partial charge in [-0.05, 0) is 36.6 Å². The Labute approximate surface area is 129 Å². The second kappa shape index (κ2) is 7.14. The molecule has 0 saturated heterocycles. The van der Waals surface area contributed by atoms with Crippen LogP contribution in [0.25, 0.3) is 0 Å². The Morgan fingerprint density at radius 2 is 1.95 bits per heavy atom. The van der Waals surface area contributed by atoms with Crippen LogP contribution < -0.4 is 5.32 Å². The van der Waals surface area contributed by atoms with E-state index in [1.807, 2.05) is 24.3 Å². The van der Waals surface area contributed by atoms with E-state index < -0.39 is 5.97 Å². The number of carboxylic acids is 1. The Morgan fingerprint density at radius 3 is 2.57 bits per heavy atom. The number of nitrogens with one attached hydrogen (secondary N) is 1. The number of rotatable bonds is 6. The number of carboxylic acid groups (broad SMARTS) is 1. The largest absolute Gasteiger partial charge is 0.478 e. The molecule has 0 fully saturated rings. The van der Waals surface area contributed by atoms with Gasteiger partial charge in [0, 0.05) is 11.7 Å². The first-order valence-electron chi connectivity index (χ1n) is 6.93. The van der Waals surface area contributed by atoms with E-state index in [4.69, 9.17) is 16.7 Å². The Bertz CT molecular complexity index is 613. The molecular weight excluding hydrogens is 286 g/mol. The molecule has 110 valence electrons. The number of aromatic carboxylic acids is 1. The maximum atomic E-state index is 11.1. The Hall–Kier alpha value is -2.00. The minimum absolute atomic E-state index is 0.122. The highest BCUT2D eigenvalue weighted by molar-refractivity contribution is 6.33. The van der Waals surface area contributed by atoms with Crippen LogP contribution >= 0.6 is 11.6 Å². The molecule has 2 aromatic rings. The smallest absolute Gasteiger partial charge is 0.337 e. The number of hydrogen-bond donors (Lipinski definition) is 2. The predicted octanol–water partition coefficient (Wildman–Crippen LogP) is 4.47. The van der Waals surface area contributed by atoms with E-state index in [1.54, 1.807) is 12.1 Å². The summed E-state index contributed by atoms with van der Waals surface area (Å²) in [6.45, 7) is 2.11. The lowest BCUT2D eigenvalue weighted by Crippen LogP contribution is -2.21. The molecule has 0 bridgehead atoms. The van der Waals surface area contributed by atoms with Crippen molar-refractivity contribution in [3.8, 4) is 0 Å². The summed E-state index contributed by atoms with van der Waals surface area (Å²) in [6, 6.07) is 15.5. The average Bonchev–Trinajstić information content (AvgIpc) is 2.49. The van der Waals surface area contributed by atoms with Crippen molar-refractivity contribution < 1.29 is 9.90 Å². The summed E-state index contributed by atoms with van der Waals surface area (Å²) >= 11 is 5.88. The van der Waals surface area contributed by atoms with Gasteiger partial charge in [0.15, 0.2) is 0 Å². The Balaban J connectivity index is 2.11. The highest BCUT2D eigenvalue weighted by Crippen LogP contribution is 2.22. The lowest BCUT2D eigenvalue weighted by Gasteiger charge is -2.19. The standard InChI is InChI=1S/C17H18ClNO2/c1-2-13(10-12-6-4-3-5-7-12)19-14-8-9-16(18)15(11-14)17(20)21/h3-9,11,13,19H,2,10H2,1H3,(H,20,21). The van der Waals surface area contributed by atoms with Crippen molar-refractivity contribution in [2.45, 2.75) is 25.8 Å². The summed E-state index contributed by atoms with van der Waals surface area (Å²) < 4.78 is 0. The highest BCUT2D eigenvalue weighted by Gasteiger charge is 2.12. The summed E-state index contributed by atoms with van der Waals surface area (Å²) in [7, 11) is 0. The van der Waals surface area contributed by atoms with Crippen LogP contribution in [0.4, 0.5) is 5.69 Å². The zero-order chi connectivity index (χ0) is 15.2. The van der Waals surface area contributed by atoms with E-state index >= 15 is 0 Å². The van der Waals surface area contributed by atoms with Crippen LogP contribution in [0, 0.1) is 0 Å². The molecule has 0 spiro atoms. The van der Waals surface area contributed by atoms with Gasteiger partial charge in [0.1, 0.15) is 0 Å². The predicted molar refractivity (Wildman–Crippen MR) is 86.3 cm³/mol.